The first-order valence-electron chi connectivity index (χ1n) is 7.42. The van der Waals surface area contributed by atoms with Crippen LogP contribution < -0.4 is 10.9 Å². The Balaban J connectivity index is 1.76. The molecule has 5 nitrogen and oxygen atoms in total. The predicted molar refractivity (Wildman–Crippen MR) is 80.3 cm³/mol. The normalized spacial score (nSPS) is 17.8. The zero-order valence-electron chi connectivity index (χ0n) is 12.2. The van der Waals surface area contributed by atoms with Gasteiger partial charge < -0.3 is 14.6 Å². The summed E-state index contributed by atoms with van der Waals surface area (Å²) in [6.45, 7) is 2.22. The number of nitrogens with zero attached hydrogens (tertiary/aromatic N) is 1. The Morgan fingerprint density at radius 3 is 2.95 bits per heavy atom. The quantitative estimate of drug-likeness (QED) is 0.906. The fourth-order valence-corrected chi connectivity index (χ4v) is 2.96. The third kappa shape index (κ3) is 2.78. The molecule has 1 fully saturated rings. The van der Waals surface area contributed by atoms with Crippen LogP contribution in [0.25, 0.3) is 6.08 Å². The number of amides is 1. The first-order chi connectivity index (χ1) is 10.2. The smallest absolute Gasteiger partial charge is 0.254 e. The third-order valence-electron chi connectivity index (χ3n) is 4.26. The lowest BCUT2D eigenvalue weighted by Gasteiger charge is -2.22. The zero-order valence-corrected chi connectivity index (χ0v) is 12.2. The highest BCUT2D eigenvalue weighted by atomic mass is 16.5. The molecule has 1 aromatic rings. The summed E-state index contributed by atoms with van der Waals surface area (Å²) in [6, 6.07) is 0. The van der Waals surface area contributed by atoms with Crippen molar-refractivity contribution >= 4 is 12.0 Å². The highest BCUT2D eigenvalue weighted by Crippen LogP contribution is 2.20. The summed E-state index contributed by atoms with van der Waals surface area (Å²) in [5, 5.41) is 3.00. The minimum atomic E-state index is -0.0973. The van der Waals surface area contributed by atoms with Crippen molar-refractivity contribution in [3.05, 3.63) is 39.3 Å². The lowest BCUT2D eigenvalue weighted by Crippen LogP contribution is -2.34. The maximum Gasteiger partial charge on any atom is 0.254 e. The van der Waals surface area contributed by atoms with Crippen LogP contribution in [0.3, 0.4) is 0 Å². The van der Waals surface area contributed by atoms with Crippen LogP contribution in [0.4, 0.5) is 0 Å². The first-order valence-corrected chi connectivity index (χ1v) is 7.42. The van der Waals surface area contributed by atoms with Gasteiger partial charge in [0.15, 0.2) is 0 Å². The van der Waals surface area contributed by atoms with Crippen molar-refractivity contribution in [2.24, 2.45) is 13.0 Å². The molecule has 21 heavy (non-hydrogen) atoms. The lowest BCUT2D eigenvalue weighted by molar-refractivity contribution is 0.0642. The molecule has 1 N–H and O–H groups in total. The molecule has 0 radical (unpaired) electrons. The summed E-state index contributed by atoms with van der Waals surface area (Å²) in [6.07, 6.45) is 8.04. The number of allylic oxidation sites excluding steroid dienone is 1. The van der Waals surface area contributed by atoms with Crippen LogP contribution in [-0.4, -0.2) is 30.2 Å². The van der Waals surface area contributed by atoms with E-state index in [1.807, 2.05) is 12.2 Å². The zero-order chi connectivity index (χ0) is 14.8. The Labute approximate surface area is 123 Å². The van der Waals surface area contributed by atoms with Gasteiger partial charge in [0.1, 0.15) is 0 Å². The molecule has 2 aliphatic rings. The number of nitrogens with one attached hydrogen (secondary N) is 1. The second-order valence-electron chi connectivity index (χ2n) is 5.72. The Morgan fingerprint density at radius 2 is 2.19 bits per heavy atom. The van der Waals surface area contributed by atoms with Gasteiger partial charge in [-0.3, -0.25) is 9.59 Å². The number of carbonyl (C=O) groups is 1. The van der Waals surface area contributed by atoms with Gasteiger partial charge in [-0.25, -0.2) is 0 Å². The van der Waals surface area contributed by atoms with E-state index in [4.69, 9.17) is 4.74 Å². The van der Waals surface area contributed by atoms with Gasteiger partial charge in [0.05, 0.1) is 5.56 Å². The van der Waals surface area contributed by atoms with Crippen LogP contribution in [0.5, 0.6) is 0 Å². The monoisotopic (exact) mass is 288 g/mol. The number of fused-ring (bicyclic) bond motifs is 1. The molecule has 1 aliphatic heterocycles. The first kappa shape index (κ1) is 14.1. The SMILES string of the molecule is Cn1cc(C(=O)NCC2CCOCC2)c2c(c1=O)CC=C2. The van der Waals surface area contributed by atoms with E-state index < -0.39 is 0 Å². The van der Waals surface area contributed by atoms with Crippen LogP contribution in [-0.2, 0) is 18.2 Å². The van der Waals surface area contributed by atoms with Gasteiger partial charge in [0, 0.05) is 38.6 Å². The highest BCUT2D eigenvalue weighted by Gasteiger charge is 2.21. The second kappa shape index (κ2) is 5.85. The molecule has 2 heterocycles. The molecule has 1 amide bonds. The minimum Gasteiger partial charge on any atom is -0.381 e. The van der Waals surface area contributed by atoms with Gasteiger partial charge in [0.25, 0.3) is 11.5 Å². The minimum absolute atomic E-state index is 0.0176. The molecule has 1 aromatic heterocycles. The van der Waals surface area contributed by atoms with E-state index in [9.17, 15) is 9.59 Å². The summed E-state index contributed by atoms with van der Waals surface area (Å²) >= 11 is 0. The number of pyridine rings is 1. The third-order valence-corrected chi connectivity index (χ3v) is 4.26. The number of hydrogen-bond acceptors (Lipinski definition) is 3. The molecule has 0 atom stereocenters. The number of hydrogen-bond donors (Lipinski definition) is 1. The fraction of sp³-hybridized carbons (Fsp3) is 0.500. The summed E-state index contributed by atoms with van der Waals surface area (Å²) in [5.74, 6) is 0.388. The van der Waals surface area contributed by atoms with Crippen molar-refractivity contribution in [2.45, 2.75) is 19.3 Å². The van der Waals surface area contributed by atoms with E-state index in [0.29, 0.717) is 24.4 Å². The number of carbonyl (C=O) groups excluding carboxylic acids is 1. The van der Waals surface area contributed by atoms with Crippen molar-refractivity contribution in [1.29, 1.82) is 0 Å². The summed E-state index contributed by atoms with van der Waals surface area (Å²) in [5.41, 5.74) is 2.07. The molecule has 0 saturated carbocycles. The van der Waals surface area contributed by atoms with Crippen molar-refractivity contribution in [1.82, 2.24) is 9.88 Å². The van der Waals surface area contributed by atoms with E-state index in [0.717, 1.165) is 37.2 Å². The highest BCUT2D eigenvalue weighted by molar-refractivity contribution is 5.98. The standard InChI is InChI=1S/C16H20N2O3/c1-18-10-14(12-3-2-4-13(12)16(18)20)15(19)17-9-11-5-7-21-8-6-11/h2-3,10-11H,4-9H2,1H3,(H,17,19). The van der Waals surface area contributed by atoms with E-state index in [-0.39, 0.29) is 11.5 Å². The number of ether oxygens (including phenoxy) is 1. The molecule has 112 valence electrons. The van der Waals surface area contributed by atoms with Gasteiger partial charge in [-0.05, 0) is 30.7 Å². The van der Waals surface area contributed by atoms with E-state index in [2.05, 4.69) is 5.32 Å². The molecule has 1 aliphatic carbocycles. The summed E-state index contributed by atoms with van der Waals surface area (Å²) in [4.78, 5) is 24.4. The molecule has 3 rings (SSSR count). The Bertz CT molecular complexity index is 640. The van der Waals surface area contributed by atoms with Gasteiger partial charge in [-0.1, -0.05) is 12.2 Å². The lowest BCUT2D eigenvalue weighted by atomic mass is 10.00. The number of aryl methyl sites for hydroxylation is 1. The molecular formula is C16H20N2O3. The Kier molecular flexibility index (Phi) is 3.92. The number of rotatable bonds is 3. The Hall–Kier alpha value is -1.88. The molecule has 5 heteroatoms. The van der Waals surface area contributed by atoms with Gasteiger partial charge in [-0.2, -0.15) is 0 Å². The molecule has 0 unspecified atom stereocenters. The van der Waals surface area contributed by atoms with Gasteiger partial charge in [0.2, 0.25) is 0 Å². The van der Waals surface area contributed by atoms with E-state index in [1.54, 1.807) is 13.2 Å². The Morgan fingerprint density at radius 1 is 1.43 bits per heavy atom. The second-order valence-corrected chi connectivity index (χ2v) is 5.72. The van der Waals surface area contributed by atoms with Crippen molar-refractivity contribution in [3.63, 3.8) is 0 Å². The largest absolute Gasteiger partial charge is 0.381 e. The van der Waals surface area contributed by atoms with E-state index in [1.165, 1.54) is 4.57 Å². The molecule has 1 saturated heterocycles. The number of aromatic nitrogens is 1. The van der Waals surface area contributed by atoms with E-state index >= 15 is 0 Å². The average molecular weight is 288 g/mol. The summed E-state index contributed by atoms with van der Waals surface area (Å²) in [7, 11) is 1.69. The molecule has 0 spiro atoms. The van der Waals surface area contributed by atoms with Crippen LogP contribution in [0.15, 0.2) is 17.1 Å². The molecular weight excluding hydrogens is 268 g/mol. The van der Waals surface area contributed by atoms with Gasteiger partial charge in [-0.15, -0.1) is 0 Å². The maximum absolute atomic E-state index is 12.4. The maximum atomic E-state index is 12.4. The van der Waals surface area contributed by atoms with Crippen LogP contribution in [0, 0.1) is 5.92 Å². The molecule has 0 bridgehead atoms. The predicted octanol–water partition coefficient (Wildman–Crippen LogP) is 1.11. The fourth-order valence-electron chi connectivity index (χ4n) is 2.96. The van der Waals surface area contributed by atoms with Crippen LogP contribution >= 0.6 is 0 Å². The van der Waals surface area contributed by atoms with Crippen LogP contribution in [0.2, 0.25) is 0 Å². The van der Waals surface area contributed by atoms with Crippen molar-refractivity contribution in [2.75, 3.05) is 19.8 Å². The van der Waals surface area contributed by atoms with Crippen molar-refractivity contribution < 1.29 is 9.53 Å². The topological polar surface area (TPSA) is 60.3 Å². The molecule has 0 aromatic carbocycles. The average Bonchev–Trinajstić information content (AvgIpc) is 2.99. The van der Waals surface area contributed by atoms with Gasteiger partial charge >= 0.3 is 0 Å². The van der Waals surface area contributed by atoms with Crippen LogP contribution in [0.1, 0.15) is 34.3 Å². The summed E-state index contributed by atoms with van der Waals surface area (Å²) < 4.78 is 6.82. The van der Waals surface area contributed by atoms with Crippen molar-refractivity contribution in [3.8, 4) is 0 Å².